The predicted octanol–water partition coefficient (Wildman–Crippen LogP) is 4.32. The number of benzene rings is 2. The van der Waals surface area contributed by atoms with Gasteiger partial charge in [-0.05, 0) is 22.5 Å². The highest BCUT2D eigenvalue weighted by Crippen LogP contribution is 2.18. The van der Waals surface area contributed by atoms with Gasteiger partial charge in [0.2, 0.25) is 0 Å². The van der Waals surface area contributed by atoms with Crippen LogP contribution in [0.5, 0.6) is 0 Å². The number of carbonyl (C=O) groups excluding carboxylic acids is 1. The highest BCUT2D eigenvalue weighted by atomic mass is 35.5. The smallest absolute Gasteiger partial charge is 0.193 e. The number of aromatic nitrogens is 1. The summed E-state index contributed by atoms with van der Waals surface area (Å²) in [6.07, 6.45) is 0. The summed E-state index contributed by atoms with van der Waals surface area (Å²) in [5.74, 6) is -0.0223. The highest BCUT2D eigenvalue weighted by Gasteiger charge is 2.08. The summed E-state index contributed by atoms with van der Waals surface area (Å²) in [4.78, 5) is 16.8. The Labute approximate surface area is 133 Å². The van der Waals surface area contributed by atoms with Crippen molar-refractivity contribution in [3.8, 4) is 0 Å². The van der Waals surface area contributed by atoms with E-state index in [1.807, 2.05) is 30.3 Å². The second-order valence-corrected chi connectivity index (χ2v) is 6.39. The summed E-state index contributed by atoms with van der Waals surface area (Å²) in [7, 11) is 2.69. The molecule has 0 unspecified atom stereocenters. The molecule has 104 valence electrons. The topological polar surface area (TPSA) is 42.3 Å². The second kappa shape index (κ2) is 6.30. The number of ketones is 1. The molecule has 0 aliphatic rings. The van der Waals surface area contributed by atoms with Crippen molar-refractivity contribution in [2.75, 3.05) is 0 Å². The first-order valence-corrected chi connectivity index (χ1v) is 8.58. The lowest BCUT2D eigenvalue weighted by atomic mass is 10.0. The quantitative estimate of drug-likeness (QED) is 0.529. The lowest BCUT2D eigenvalue weighted by Gasteiger charge is -2.01. The summed E-state index contributed by atoms with van der Waals surface area (Å²) >= 11 is 5.94. The molecular formula is C15H9ClN2OS2. The second-order valence-electron chi connectivity index (χ2n) is 4.20. The van der Waals surface area contributed by atoms with Gasteiger partial charge in [-0.15, -0.1) is 0 Å². The Balaban J connectivity index is 1.98. The largest absolute Gasteiger partial charge is 0.289 e. The monoisotopic (exact) mass is 332 g/mol. The third-order valence-electron chi connectivity index (χ3n) is 2.79. The normalized spacial score (nSPS) is 11.6. The average Bonchev–Trinajstić information content (AvgIpc) is 2.93. The van der Waals surface area contributed by atoms with Gasteiger partial charge in [-0.3, -0.25) is 4.79 Å². The van der Waals surface area contributed by atoms with Gasteiger partial charge >= 0.3 is 0 Å². The maximum Gasteiger partial charge on any atom is 0.193 e. The van der Waals surface area contributed by atoms with Gasteiger partial charge in [0.1, 0.15) is 0 Å². The molecule has 0 amide bonds. The Kier molecular flexibility index (Phi) is 4.24. The molecule has 3 rings (SSSR count). The van der Waals surface area contributed by atoms with Crippen LogP contribution in [0, 0.1) is 0 Å². The molecule has 0 N–H and O–H groups in total. The van der Waals surface area contributed by atoms with Crippen molar-refractivity contribution in [3.05, 3.63) is 75.5 Å². The summed E-state index contributed by atoms with van der Waals surface area (Å²) < 4.78 is 4.64. The van der Waals surface area contributed by atoms with Crippen molar-refractivity contribution in [2.24, 2.45) is 4.99 Å². The number of halogens is 1. The number of rotatable bonds is 3. The van der Waals surface area contributed by atoms with Crippen molar-refractivity contribution < 1.29 is 4.79 Å². The molecule has 0 saturated carbocycles. The van der Waals surface area contributed by atoms with Gasteiger partial charge in [0, 0.05) is 21.7 Å². The Morgan fingerprint density at radius 2 is 1.81 bits per heavy atom. The lowest BCUT2D eigenvalue weighted by Crippen LogP contribution is -2.00. The molecule has 0 atom stereocenters. The van der Waals surface area contributed by atoms with Crippen LogP contribution in [-0.2, 0) is 0 Å². The van der Waals surface area contributed by atoms with Crippen LogP contribution in [0.2, 0.25) is 5.15 Å². The van der Waals surface area contributed by atoms with E-state index in [2.05, 4.69) is 9.37 Å². The maximum atomic E-state index is 12.4. The van der Waals surface area contributed by atoms with Gasteiger partial charge in [-0.1, -0.05) is 54.1 Å². The summed E-state index contributed by atoms with van der Waals surface area (Å²) in [5, 5.41) is 0.393. The van der Waals surface area contributed by atoms with Crippen LogP contribution >= 0.6 is 32.5 Å². The number of carbonyl (C=O) groups is 1. The Hall–Kier alpha value is -1.82. The van der Waals surface area contributed by atoms with Gasteiger partial charge in [0.25, 0.3) is 0 Å². The number of hydrogen-bond acceptors (Lipinski definition) is 5. The standard InChI is InChI=1S/C15H9ClN2OS2/c16-14-15(20-21-18-14)17-12-8-4-7-11(9-12)13(19)10-5-2-1-3-6-10/h1-9H. The molecule has 0 aliphatic heterocycles. The maximum absolute atomic E-state index is 12.4. The molecule has 0 aliphatic carbocycles. The molecule has 21 heavy (non-hydrogen) atoms. The van der Waals surface area contributed by atoms with Gasteiger partial charge in [-0.25, -0.2) is 4.99 Å². The van der Waals surface area contributed by atoms with Crippen LogP contribution in [0.15, 0.2) is 59.6 Å². The molecule has 0 saturated heterocycles. The van der Waals surface area contributed by atoms with Crippen LogP contribution in [0.4, 0.5) is 5.69 Å². The first-order valence-electron chi connectivity index (χ1n) is 6.10. The van der Waals surface area contributed by atoms with Gasteiger partial charge in [0.15, 0.2) is 15.6 Å². The number of hydrogen-bond donors (Lipinski definition) is 0. The van der Waals surface area contributed by atoms with E-state index in [1.54, 1.807) is 24.3 Å². The summed E-state index contributed by atoms with van der Waals surface area (Å²) in [6, 6.07) is 16.4. The molecule has 0 bridgehead atoms. The molecular weight excluding hydrogens is 324 g/mol. The van der Waals surface area contributed by atoms with Crippen molar-refractivity contribution in [1.29, 1.82) is 0 Å². The Morgan fingerprint density at radius 1 is 1.05 bits per heavy atom. The van der Waals surface area contributed by atoms with Crippen LogP contribution in [0.1, 0.15) is 15.9 Å². The lowest BCUT2D eigenvalue weighted by molar-refractivity contribution is 0.103. The summed E-state index contributed by atoms with van der Waals surface area (Å²) in [6.45, 7) is 0. The molecule has 3 aromatic rings. The van der Waals surface area contributed by atoms with Crippen molar-refractivity contribution in [3.63, 3.8) is 0 Å². The third-order valence-corrected chi connectivity index (χ3v) is 4.96. The molecule has 2 aromatic carbocycles. The molecule has 0 spiro atoms. The van der Waals surface area contributed by atoms with Crippen molar-refractivity contribution >= 4 is 43.9 Å². The first kappa shape index (κ1) is 14.1. The minimum atomic E-state index is -0.0223. The summed E-state index contributed by atoms with van der Waals surface area (Å²) in [5.41, 5.74) is 1.95. The van der Waals surface area contributed by atoms with E-state index >= 15 is 0 Å². The van der Waals surface area contributed by atoms with Crippen molar-refractivity contribution in [1.82, 2.24) is 4.37 Å². The molecule has 1 aromatic heterocycles. The fraction of sp³-hybridized carbons (Fsp3) is 0. The Morgan fingerprint density at radius 3 is 2.52 bits per heavy atom. The molecule has 1 heterocycles. The SMILES string of the molecule is O=C(c1ccccc1)c1cccc(N=c2ssnc2Cl)c1. The van der Waals surface area contributed by atoms with E-state index in [-0.39, 0.29) is 5.78 Å². The zero-order valence-corrected chi connectivity index (χ0v) is 13.1. The zero-order chi connectivity index (χ0) is 14.7. The molecule has 0 radical (unpaired) electrons. The molecule has 3 nitrogen and oxygen atoms in total. The minimum Gasteiger partial charge on any atom is -0.289 e. The fourth-order valence-corrected chi connectivity index (χ4v) is 3.81. The predicted molar refractivity (Wildman–Crippen MR) is 86.5 cm³/mol. The average molecular weight is 333 g/mol. The van der Waals surface area contributed by atoms with Gasteiger partial charge in [0.05, 0.1) is 5.69 Å². The minimum absolute atomic E-state index is 0.0223. The van der Waals surface area contributed by atoms with Crippen molar-refractivity contribution in [2.45, 2.75) is 0 Å². The zero-order valence-electron chi connectivity index (χ0n) is 10.7. The highest BCUT2D eigenvalue weighted by molar-refractivity contribution is 7.66. The van der Waals surface area contributed by atoms with E-state index in [0.717, 1.165) is 0 Å². The number of nitrogens with zero attached hydrogens (tertiary/aromatic N) is 2. The van der Waals surface area contributed by atoms with Gasteiger partial charge in [-0.2, -0.15) is 4.37 Å². The van der Waals surface area contributed by atoms with E-state index in [9.17, 15) is 4.79 Å². The first-order chi connectivity index (χ1) is 10.2. The fourth-order valence-electron chi connectivity index (χ4n) is 1.81. The van der Waals surface area contributed by atoms with Crippen LogP contribution < -0.4 is 4.67 Å². The molecule has 0 fully saturated rings. The van der Waals surface area contributed by atoms with Crippen LogP contribution in [-0.4, -0.2) is 10.2 Å². The van der Waals surface area contributed by atoms with Crippen LogP contribution in [0.25, 0.3) is 0 Å². The van der Waals surface area contributed by atoms with Crippen LogP contribution in [0.3, 0.4) is 0 Å². The van der Waals surface area contributed by atoms with E-state index < -0.39 is 0 Å². The third kappa shape index (κ3) is 3.26. The van der Waals surface area contributed by atoms with E-state index in [4.69, 9.17) is 11.6 Å². The molecule has 6 heteroatoms. The van der Waals surface area contributed by atoms with E-state index in [0.29, 0.717) is 26.6 Å². The Bertz CT molecular complexity index is 840. The van der Waals surface area contributed by atoms with Gasteiger partial charge < -0.3 is 0 Å². The van der Waals surface area contributed by atoms with E-state index in [1.165, 1.54) is 20.9 Å².